The summed E-state index contributed by atoms with van der Waals surface area (Å²) in [7, 11) is 4.29. The molecule has 0 saturated carbocycles. The van der Waals surface area contributed by atoms with E-state index < -0.39 is 0 Å². The van der Waals surface area contributed by atoms with Crippen LogP contribution in [-0.2, 0) is 0 Å². The molecule has 100 valence electrons. The monoisotopic (exact) mass is 246 g/mol. The molecule has 1 aliphatic heterocycles. The molecule has 0 N–H and O–H groups in total. The average Bonchev–Trinajstić information content (AvgIpc) is 2.39. The molecule has 2 rings (SSSR count). The summed E-state index contributed by atoms with van der Waals surface area (Å²) in [6.07, 6.45) is 4.05. The Morgan fingerprint density at radius 2 is 1.72 bits per heavy atom. The summed E-state index contributed by atoms with van der Waals surface area (Å²) in [5, 5.41) is 0. The van der Waals surface area contributed by atoms with Crippen molar-refractivity contribution in [2.75, 3.05) is 37.0 Å². The Balaban J connectivity index is 2.33. The van der Waals surface area contributed by atoms with E-state index in [2.05, 4.69) is 55.9 Å². The van der Waals surface area contributed by atoms with Crippen molar-refractivity contribution in [1.29, 1.82) is 0 Å². The fraction of sp³-hybridized carbons (Fsp3) is 0.625. The van der Waals surface area contributed by atoms with Gasteiger partial charge >= 0.3 is 0 Å². The highest BCUT2D eigenvalue weighted by molar-refractivity contribution is 5.72. The summed E-state index contributed by atoms with van der Waals surface area (Å²) < 4.78 is 0. The summed E-state index contributed by atoms with van der Waals surface area (Å²) in [6.45, 7) is 6.94. The van der Waals surface area contributed by atoms with E-state index in [1.54, 1.807) is 0 Å². The van der Waals surface area contributed by atoms with Crippen LogP contribution in [-0.4, -0.2) is 27.2 Å². The SMILES string of the molecule is CC(C)c1ccc(N2CCCCC2)c(N(C)C)c1. The van der Waals surface area contributed by atoms with Crippen LogP contribution in [0.15, 0.2) is 18.2 Å². The van der Waals surface area contributed by atoms with Gasteiger partial charge in [0.2, 0.25) is 0 Å². The van der Waals surface area contributed by atoms with Crippen molar-refractivity contribution < 1.29 is 0 Å². The van der Waals surface area contributed by atoms with Gasteiger partial charge in [-0.25, -0.2) is 0 Å². The first-order chi connectivity index (χ1) is 8.59. The van der Waals surface area contributed by atoms with Crippen LogP contribution in [0.1, 0.15) is 44.6 Å². The third-order valence-corrected chi connectivity index (χ3v) is 3.84. The number of nitrogens with zero attached hydrogens (tertiary/aromatic N) is 2. The quantitative estimate of drug-likeness (QED) is 0.799. The summed E-state index contributed by atoms with van der Waals surface area (Å²) in [4.78, 5) is 4.79. The minimum Gasteiger partial charge on any atom is -0.376 e. The number of hydrogen-bond acceptors (Lipinski definition) is 2. The van der Waals surface area contributed by atoms with Crippen LogP contribution in [0.4, 0.5) is 11.4 Å². The van der Waals surface area contributed by atoms with E-state index in [0.717, 1.165) is 0 Å². The molecule has 1 fully saturated rings. The summed E-state index contributed by atoms with van der Waals surface area (Å²) in [5.74, 6) is 0.596. The van der Waals surface area contributed by atoms with Gasteiger partial charge in [0, 0.05) is 27.2 Å². The highest BCUT2D eigenvalue weighted by atomic mass is 15.2. The van der Waals surface area contributed by atoms with Gasteiger partial charge in [0.1, 0.15) is 0 Å². The molecule has 0 spiro atoms. The minimum absolute atomic E-state index is 0.596. The van der Waals surface area contributed by atoms with Gasteiger partial charge in [-0.3, -0.25) is 0 Å². The summed E-state index contributed by atoms with van der Waals surface area (Å²) in [6, 6.07) is 6.96. The van der Waals surface area contributed by atoms with Gasteiger partial charge in [-0.15, -0.1) is 0 Å². The Morgan fingerprint density at radius 3 is 2.28 bits per heavy atom. The predicted octanol–water partition coefficient (Wildman–Crippen LogP) is 3.87. The molecule has 1 heterocycles. The average molecular weight is 246 g/mol. The second-order valence-electron chi connectivity index (χ2n) is 5.84. The largest absolute Gasteiger partial charge is 0.376 e. The van der Waals surface area contributed by atoms with Crippen molar-refractivity contribution in [1.82, 2.24) is 0 Å². The van der Waals surface area contributed by atoms with Gasteiger partial charge in [0.05, 0.1) is 11.4 Å². The number of hydrogen-bond donors (Lipinski definition) is 0. The van der Waals surface area contributed by atoms with Gasteiger partial charge in [-0.05, 0) is 42.9 Å². The Bertz CT molecular complexity index is 390. The lowest BCUT2D eigenvalue weighted by molar-refractivity contribution is 0.577. The topological polar surface area (TPSA) is 6.48 Å². The molecule has 1 aromatic carbocycles. The highest BCUT2D eigenvalue weighted by Gasteiger charge is 2.16. The molecule has 0 aliphatic carbocycles. The maximum Gasteiger partial charge on any atom is 0.0604 e. The van der Waals surface area contributed by atoms with Crippen LogP contribution in [0.25, 0.3) is 0 Å². The number of anilines is 2. The summed E-state index contributed by atoms with van der Waals surface area (Å²) in [5.41, 5.74) is 4.20. The smallest absolute Gasteiger partial charge is 0.0604 e. The van der Waals surface area contributed by atoms with E-state index >= 15 is 0 Å². The maximum absolute atomic E-state index is 2.54. The lowest BCUT2D eigenvalue weighted by Crippen LogP contribution is -2.30. The minimum atomic E-state index is 0.596. The zero-order valence-corrected chi connectivity index (χ0v) is 12.2. The van der Waals surface area contributed by atoms with Crippen molar-refractivity contribution >= 4 is 11.4 Å². The zero-order chi connectivity index (χ0) is 13.1. The first kappa shape index (κ1) is 13.3. The van der Waals surface area contributed by atoms with Gasteiger partial charge in [-0.1, -0.05) is 19.9 Å². The lowest BCUT2D eigenvalue weighted by Gasteiger charge is -2.32. The van der Waals surface area contributed by atoms with Crippen molar-refractivity contribution in [2.24, 2.45) is 0 Å². The van der Waals surface area contributed by atoms with Crippen LogP contribution in [0.2, 0.25) is 0 Å². The number of piperidine rings is 1. The molecule has 1 saturated heterocycles. The highest BCUT2D eigenvalue weighted by Crippen LogP contribution is 2.33. The predicted molar refractivity (Wildman–Crippen MR) is 80.9 cm³/mol. The van der Waals surface area contributed by atoms with Crippen molar-refractivity contribution in [3.05, 3.63) is 23.8 Å². The molecule has 0 unspecified atom stereocenters. The third-order valence-electron chi connectivity index (χ3n) is 3.84. The lowest BCUT2D eigenvalue weighted by atomic mass is 10.0. The molecule has 1 aromatic rings. The van der Waals surface area contributed by atoms with Crippen LogP contribution in [0.5, 0.6) is 0 Å². The molecule has 0 bridgehead atoms. The van der Waals surface area contributed by atoms with E-state index in [4.69, 9.17) is 0 Å². The molecule has 0 radical (unpaired) electrons. The molecule has 2 nitrogen and oxygen atoms in total. The normalized spacial score (nSPS) is 16.2. The first-order valence-corrected chi connectivity index (χ1v) is 7.16. The molecular weight excluding hydrogens is 220 g/mol. The van der Waals surface area contributed by atoms with Crippen molar-refractivity contribution in [2.45, 2.75) is 39.0 Å². The Kier molecular flexibility index (Phi) is 4.15. The van der Waals surface area contributed by atoms with Crippen molar-refractivity contribution in [3.63, 3.8) is 0 Å². The van der Waals surface area contributed by atoms with E-state index in [1.165, 1.54) is 49.3 Å². The van der Waals surface area contributed by atoms with Crippen LogP contribution in [0.3, 0.4) is 0 Å². The second-order valence-corrected chi connectivity index (χ2v) is 5.84. The molecule has 1 aliphatic rings. The van der Waals surface area contributed by atoms with Gasteiger partial charge in [0.25, 0.3) is 0 Å². The van der Waals surface area contributed by atoms with Gasteiger partial charge in [0.15, 0.2) is 0 Å². The molecular formula is C16H26N2. The van der Waals surface area contributed by atoms with E-state index in [-0.39, 0.29) is 0 Å². The molecule has 0 amide bonds. The Morgan fingerprint density at radius 1 is 1.06 bits per heavy atom. The van der Waals surface area contributed by atoms with E-state index in [1.807, 2.05) is 0 Å². The van der Waals surface area contributed by atoms with Crippen LogP contribution in [0, 0.1) is 0 Å². The summed E-state index contributed by atoms with van der Waals surface area (Å²) >= 11 is 0. The molecule has 18 heavy (non-hydrogen) atoms. The van der Waals surface area contributed by atoms with Crippen LogP contribution < -0.4 is 9.80 Å². The maximum atomic E-state index is 2.54. The Hall–Kier alpha value is -1.18. The first-order valence-electron chi connectivity index (χ1n) is 7.16. The van der Waals surface area contributed by atoms with Crippen LogP contribution >= 0.6 is 0 Å². The van der Waals surface area contributed by atoms with Gasteiger partial charge < -0.3 is 9.80 Å². The molecule has 0 aromatic heterocycles. The fourth-order valence-corrected chi connectivity index (χ4v) is 2.66. The van der Waals surface area contributed by atoms with E-state index in [0.29, 0.717) is 5.92 Å². The number of rotatable bonds is 3. The van der Waals surface area contributed by atoms with Gasteiger partial charge in [-0.2, -0.15) is 0 Å². The van der Waals surface area contributed by atoms with E-state index in [9.17, 15) is 0 Å². The third kappa shape index (κ3) is 2.80. The van der Waals surface area contributed by atoms with Crippen molar-refractivity contribution in [3.8, 4) is 0 Å². The number of benzene rings is 1. The second kappa shape index (κ2) is 5.64. The Labute approximate surface area is 112 Å². The fourth-order valence-electron chi connectivity index (χ4n) is 2.66. The molecule has 0 atom stereocenters. The zero-order valence-electron chi connectivity index (χ0n) is 12.2. The molecule has 2 heteroatoms. The standard InChI is InChI=1S/C16H26N2/c1-13(2)14-8-9-15(16(12-14)17(3)4)18-10-6-5-7-11-18/h8-9,12-13H,5-7,10-11H2,1-4H3.